The van der Waals surface area contributed by atoms with Crippen molar-refractivity contribution in [3.8, 4) is 0 Å². The first-order valence-electron chi connectivity index (χ1n) is 6.47. The molecule has 0 aliphatic rings. The Bertz CT molecular complexity index is 785. The van der Waals surface area contributed by atoms with Crippen molar-refractivity contribution >= 4 is 16.6 Å². The average Bonchev–Trinajstić information content (AvgIpc) is 2.75. The molecule has 2 nitrogen and oxygen atoms in total. The van der Waals surface area contributed by atoms with Crippen molar-refractivity contribution < 1.29 is 13.2 Å². The van der Waals surface area contributed by atoms with E-state index in [1.807, 2.05) is 42.1 Å². The molecule has 0 bridgehead atoms. The first-order chi connectivity index (χ1) is 10.1. The van der Waals surface area contributed by atoms with Gasteiger partial charge in [-0.15, -0.1) is 0 Å². The molecule has 0 radical (unpaired) electrons. The normalized spacial score (nSPS) is 11.0. The third-order valence-electron chi connectivity index (χ3n) is 3.44. The summed E-state index contributed by atoms with van der Waals surface area (Å²) < 4.78 is 42.0. The van der Waals surface area contributed by atoms with Gasteiger partial charge in [-0.1, -0.05) is 18.2 Å². The van der Waals surface area contributed by atoms with Crippen LogP contribution in [0.5, 0.6) is 0 Å². The van der Waals surface area contributed by atoms with Crippen molar-refractivity contribution in [3.63, 3.8) is 0 Å². The highest BCUT2D eigenvalue weighted by molar-refractivity contribution is 5.84. The molecule has 0 spiro atoms. The van der Waals surface area contributed by atoms with Crippen LogP contribution >= 0.6 is 0 Å². The van der Waals surface area contributed by atoms with E-state index >= 15 is 0 Å². The lowest BCUT2D eigenvalue weighted by Gasteiger charge is -2.08. The van der Waals surface area contributed by atoms with E-state index in [1.54, 1.807) is 0 Å². The first-order valence-corrected chi connectivity index (χ1v) is 6.47. The number of aromatic nitrogens is 1. The molecule has 0 unspecified atom stereocenters. The fraction of sp³-hybridized carbons (Fsp3) is 0.125. The SMILES string of the molecule is Cn1cc(CNc2c(F)cc(F)cc2F)c2ccccc21. The van der Waals surface area contributed by atoms with E-state index in [4.69, 9.17) is 0 Å². The minimum absolute atomic E-state index is 0.251. The van der Waals surface area contributed by atoms with Crippen LogP contribution in [-0.4, -0.2) is 4.57 Å². The number of para-hydroxylation sites is 1. The molecule has 0 aliphatic carbocycles. The number of hydrogen-bond acceptors (Lipinski definition) is 1. The van der Waals surface area contributed by atoms with Gasteiger partial charge in [-0.2, -0.15) is 0 Å². The number of nitrogens with zero attached hydrogens (tertiary/aromatic N) is 1. The molecule has 0 saturated carbocycles. The quantitative estimate of drug-likeness (QED) is 0.764. The molecular weight excluding hydrogens is 277 g/mol. The minimum Gasteiger partial charge on any atom is -0.376 e. The second-order valence-corrected chi connectivity index (χ2v) is 4.88. The van der Waals surface area contributed by atoms with Crippen LogP contribution in [-0.2, 0) is 13.6 Å². The third kappa shape index (κ3) is 2.46. The topological polar surface area (TPSA) is 17.0 Å². The lowest BCUT2D eigenvalue weighted by atomic mass is 10.1. The summed E-state index contributed by atoms with van der Waals surface area (Å²) in [5, 5.41) is 3.71. The molecule has 1 N–H and O–H groups in total. The molecular formula is C16H13F3N2. The van der Waals surface area contributed by atoms with Crippen LogP contribution in [0.3, 0.4) is 0 Å². The summed E-state index contributed by atoms with van der Waals surface area (Å²) in [5.74, 6) is -2.80. The van der Waals surface area contributed by atoms with Crippen molar-refractivity contribution in [1.29, 1.82) is 0 Å². The van der Waals surface area contributed by atoms with Gasteiger partial charge in [-0.05, 0) is 11.6 Å². The van der Waals surface area contributed by atoms with Crippen molar-refractivity contribution in [3.05, 3.63) is 65.6 Å². The van der Waals surface area contributed by atoms with Crippen LogP contribution in [0.2, 0.25) is 0 Å². The molecule has 108 valence electrons. The van der Waals surface area contributed by atoms with Gasteiger partial charge in [0.25, 0.3) is 0 Å². The number of halogens is 3. The highest BCUT2D eigenvalue weighted by Gasteiger charge is 2.12. The molecule has 0 saturated heterocycles. The lowest BCUT2D eigenvalue weighted by molar-refractivity contribution is 0.547. The van der Waals surface area contributed by atoms with Crippen LogP contribution in [0.15, 0.2) is 42.6 Å². The summed E-state index contributed by atoms with van der Waals surface area (Å²) in [5.41, 5.74) is 1.63. The maximum absolute atomic E-state index is 13.6. The zero-order valence-corrected chi connectivity index (χ0v) is 11.3. The maximum Gasteiger partial charge on any atom is 0.152 e. The van der Waals surface area contributed by atoms with Crippen molar-refractivity contribution in [2.75, 3.05) is 5.32 Å². The van der Waals surface area contributed by atoms with E-state index in [9.17, 15) is 13.2 Å². The smallest absolute Gasteiger partial charge is 0.152 e. The van der Waals surface area contributed by atoms with E-state index in [0.717, 1.165) is 16.5 Å². The fourth-order valence-corrected chi connectivity index (χ4v) is 2.46. The standard InChI is InChI=1S/C16H13F3N2/c1-21-9-10(12-4-2-3-5-15(12)21)8-20-16-13(18)6-11(17)7-14(16)19/h2-7,9,20H,8H2,1H3. The van der Waals surface area contributed by atoms with Crippen LogP contribution in [0.25, 0.3) is 10.9 Å². The predicted octanol–water partition coefficient (Wildman–Crippen LogP) is 4.21. The Kier molecular flexibility index (Phi) is 3.33. The predicted molar refractivity (Wildman–Crippen MR) is 76.6 cm³/mol. The Morgan fingerprint density at radius 2 is 1.71 bits per heavy atom. The zero-order valence-electron chi connectivity index (χ0n) is 11.3. The zero-order chi connectivity index (χ0) is 15.0. The summed E-state index contributed by atoms with van der Waals surface area (Å²) in [6, 6.07) is 9.08. The first kappa shape index (κ1) is 13.5. The highest BCUT2D eigenvalue weighted by atomic mass is 19.1. The molecule has 1 aromatic heterocycles. The number of hydrogen-bond donors (Lipinski definition) is 1. The largest absolute Gasteiger partial charge is 0.376 e. The second-order valence-electron chi connectivity index (χ2n) is 4.88. The van der Waals surface area contributed by atoms with E-state index in [1.165, 1.54) is 0 Å². The molecule has 0 aliphatic heterocycles. The Morgan fingerprint density at radius 1 is 1.05 bits per heavy atom. The van der Waals surface area contributed by atoms with E-state index in [2.05, 4.69) is 5.32 Å². The van der Waals surface area contributed by atoms with Crippen molar-refractivity contribution in [2.45, 2.75) is 6.54 Å². The Balaban J connectivity index is 1.91. The van der Waals surface area contributed by atoms with Gasteiger partial charge in [0.15, 0.2) is 11.6 Å². The number of benzene rings is 2. The summed E-state index contributed by atoms with van der Waals surface area (Å²) in [6.07, 6.45) is 1.90. The van der Waals surface area contributed by atoms with Crippen LogP contribution in [0.1, 0.15) is 5.56 Å². The Hall–Kier alpha value is -2.43. The summed E-state index contributed by atoms with van der Waals surface area (Å²) in [6.45, 7) is 0.251. The summed E-state index contributed by atoms with van der Waals surface area (Å²) in [7, 11) is 1.91. The Labute approximate surface area is 119 Å². The molecule has 2 aromatic carbocycles. The molecule has 3 rings (SSSR count). The van der Waals surface area contributed by atoms with Gasteiger partial charge in [0.2, 0.25) is 0 Å². The van der Waals surface area contributed by atoms with Crippen LogP contribution in [0, 0.1) is 17.5 Å². The number of fused-ring (bicyclic) bond motifs is 1. The van der Waals surface area contributed by atoms with Gasteiger partial charge in [0.05, 0.1) is 0 Å². The minimum atomic E-state index is -0.937. The van der Waals surface area contributed by atoms with Gasteiger partial charge in [0, 0.05) is 42.8 Å². The molecule has 5 heteroatoms. The highest BCUT2D eigenvalue weighted by Crippen LogP contribution is 2.24. The van der Waals surface area contributed by atoms with Gasteiger partial charge >= 0.3 is 0 Å². The van der Waals surface area contributed by atoms with E-state index < -0.39 is 17.5 Å². The monoisotopic (exact) mass is 290 g/mol. The summed E-state index contributed by atoms with van der Waals surface area (Å²) >= 11 is 0. The molecule has 0 amide bonds. The van der Waals surface area contributed by atoms with E-state index in [-0.39, 0.29) is 12.2 Å². The Morgan fingerprint density at radius 3 is 2.43 bits per heavy atom. The van der Waals surface area contributed by atoms with Crippen LogP contribution in [0.4, 0.5) is 18.9 Å². The number of nitrogens with one attached hydrogen (secondary N) is 1. The average molecular weight is 290 g/mol. The maximum atomic E-state index is 13.6. The van der Waals surface area contributed by atoms with Gasteiger partial charge < -0.3 is 9.88 Å². The molecule has 0 atom stereocenters. The van der Waals surface area contributed by atoms with Gasteiger partial charge in [-0.3, -0.25) is 0 Å². The number of aryl methyl sites for hydroxylation is 1. The van der Waals surface area contributed by atoms with Crippen LogP contribution < -0.4 is 5.32 Å². The van der Waals surface area contributed by atoms with Crippen molar-refractivity contribution in [1.82, 2.24) is 4.57 Å². The number of rotatable bonds is 3. The summed E-state index contributed by atoms with van der Waals surface area (Å²) in [4.78, 5) is 0. The molecule has 1 heterocycles. The molecule has 3 aromatic rings. The molecule has 0 fully saturated rings. The van der Waals surface area contributed by atoms with Gasteiger partial charge in [-0.25, -0.2) is 13.2 Å². The lowest BCUT2D eigenvalue weighted by Crippen LogP contribution is -2.04. The van der Waals surface area contributed by atoms with Gasteiger partial charge in [0.1, 0.15) is 11.5 Å². The molecule has 21 heavy (non-hydrogen) atoms. The van der Waals surface area contributed by atoms with Crippen molar-refractivity contribution in [2.24, 2.45) is 7.05 Å². The van der Waals surface area contributed by atoms with E-state index in [0.29, 0.717) is 12.1 Å². The number of anilines is 1. The third-order valence-corrected chi connectivity index (χ3v) is 3.44. The fourth-order valence-electron chi connectivity index (χ4n) is 2.46. The second kappa shape index (κ2) is 5.16.